The lowest BCUT2D eigenvalue weighted by Gasteiger charge is -2.31. The van der Waals surface area contributed by atoms with Crippen molar-refractivity contribution in [3.63, 3.8) is 0 Å². The number of nitrogens with zero attached hydrogens (tertiary/aromatic N) is 1. The van der Waals surface area contributed by atoms with Crippen molar-refractivity contribution in [1.29, 1.82) is 0 Å². The van der Waals surface area contributed by atoms with Crippen molar-refractivity contribution in [3.8, 4) is 0 Å². The molecular formula is C13H29N3. The summed E-state index contributed by atoms with van der Waals surface area (Å²) in [4.78, 5) is 2.49. The monoisotopic (exact) mass is 227 g/mol. The minimum Gasteiger partial charge on any atom is -0.314 e. The maximum atomic E-state index is 3.60. The largest absolute Gasteiger partial charge is 0.314 e. The van der Waals surface area contributed by atoms with Crippen molar-refractivity contribution >= 4 is 0 Å². The van der Waals surface area contributed by atoms with Gasteiger partial charge in [0.1, 0.15) is 0 Å². The lowest BCUT2D eigenvalue weighted by Crippen LogP contribution is -2.48. The van der Waals surface area contributed by atoms with Gasteiger partial charge in [-0.15, -0.1) is 0 Å². The smallest absolute Gasteiger partial charge is 0.0481 e. The standard InChI is InChI=1S/C13H29N3/c1-12(2)9-13(3,4)10-15-11-16-7-5-14-6-8-16/h12,14-15H,5-11H2,1-4H3. The van der Waals surface area contributed by atoms with Gasteiger partial charge in [-0.25, -0.2) is 0 Å². The maximum Gasteiger partial charge on any atom is 0.0481 e. The first-order valence-electron chi connectivity index (χ1n) is 6.63. The number of hydrogen-bond donors (Lipinski definition) is 2. The van der Waals surface area contributed by atoms with E-state index in [1.807, 2.05) is 0 Å². The second kappa shape index (κ2) is 6.58. The molecule has 0 aromatic carbocycles. The zero-order chi connectivity index (χ0) is 12.0. The summed E-state index contributed by atoms with van der Waals surface area (Å²) in [6.45, 7) is 16.1. The first-order valence-corrected chi connectivity index (χ1v) is 6.63. The van der Waals surface area contributed by atoms with Crippen LogP contribution in [0, 0.1) is 11.3 Å². The zero-order valence-corrected chi connectivity index (χ0v) is 11.5. The van der Waals surface area contributed by atoms with Gasteiger partial charge in [-0.1, -0.05) is 27.7 Å². The summed E-state index contributed by atoms with van der Waals surface area (Å²) in [6, 6.07) is 0. The molecule has 96 valence electrons. The Morgan fingerprint density at radius 2 is 1.88 bits per heavy atom. The number of nitrogens with one attached hydrogen (secondary N) is 2. The third kappa shape index (κ3) is 5.83. The third-order valence-corrected chi connectivity index (χ3v) is 3.11. The van der Waals surface area contributed by atoms with Gasteiger partial charge in [0.15, 0.2) is 0 Å². The van der Waals surface area contributed by atoms with Crippen LogP contribution in [0.2, 0.25) is 0 Å². The van der Waals surface area contributed by atoms with E-state index in [0.717, 1.165) is 32.2 Å². The molecule has 3 nitrogen and oxygen atoms in total. The van der Waals surface area contributed by atoms with Crippen molar-refractivity contribution in [3.05, 3.63) is 0 Å². The molecule has 0 unspecified atom stereocenters. The molecule has 0 aliphatic carbocycles. The molecule has 1 fully saturated rings. The molecule has 0 aromatic rings. The van der Waals surface area contributed by atoms with Crippen molar-refractivity contribution in [2.45, 2.75) is 34.1 Å². The van der Waals surface area contributed by atoms with Crippen LogP contribution in [-0.4, -0.2) is 44.3 Å². The Balaban J connectivity index is 2.13. The molecule has 0 saturated carbocycles. The SMILES string of the molecule is CC(C)CC(C)(C)CNCN1CCNCC1. The highest BCUT2D eigenvalue weighted by atomic mass is 15.3. The fourth-order valence-electron chi connectivity index (χ4n) is 2.60. The average molecular weight is 227 g/mol. The van der Waals surface area contributed by atoms with Crippen LogP contribution in [0.15, 0.2) is 0 Å². The normalized spacial score (nSPS) is 19.3. The van der Waals surface area contributed by atoms with Gasteiger partial charge in [0.05, 0.1) is 0 Å². The van der Waals surface area contributed by atoms with Crippen molar-refractivity contribution in [1.82, 2.24) is 15.5 Å². The average Bonchev–Trinajstić information content (AvgIpc) is 2.16. The molecule has 1 aliphatic heterocycles. The fraction of sp³-hybridized carbons (Fsp3) is 1.00. The molecule has 0 spiro atoms. The van der Waals surface area contributed by atoms with E-state index < -0.39 is 0 Å². The molecule has 1 rings (SSSR count). The molecule has 1 heterocycles. The van der Waals surface area contributed by atoms with E-state index in [9.17, 15) is 0 Å². The van der Waals surface area contributed by atoms with Crippen molar-refractivity contribution < 1.29 is 0 Å². The quantitative estimate of drug-likeness (QED) is 0.720. The van der Waals surface area contributed by atoms with E-state index in [4.69, 9.17) is 0 Å². The Labute approximate surface area is 101 Å². The predicted molar refractivity (Wildman–Crippen MR) is 70.5 cm³/mol. The highest BCUT2D eigenvalue weighted by Crippen LogP contribution is 2.23. The van der Waals surface area contributed by atoms with Crippen molar-refractivity contribution in [2.24, 2.45) is 11.3 Å². The second-order valence-corrected chi connectivity index (χ2v) is 6.22. The lowest BCUT2D eigenvalue weighted by atomic mass is 9.84. The number of hydrogen-bond acceptors (Lipinski definition) is 3. The molecule has 0 bridgehead atoms. The summed E-state index contributed by atoms with van der Waals surface area (Å²) in [5.41, 5.74) is 0.419. The Bertz CT molecular complexity index is 184. The minimum absolute atomic E-state index is 0.419. The van der Waals surface area contributed by atoms with Crippen LogP contribution in [0.3, 0.4) is 0 Å². The highest BCUT2D eigenvalue weighted by Gasteiger charge is 2.19. The fourth-order valence-corrected chi connectivity index (χ4v) is 2.60. The Morgan fingerprint density at radius 3 is 2.44 bits per heavy atom. The molecule has 3 heteroatoms. The lowest BCUT2D eigenvalue weighted by molar-refractivity contribution is 0.198. The first-order chi connectivity index (χ1) is 7.49. The van der Waals surface area contributed by atoms with E-state index in [1.54, 1.807) is 0 Å². The molecule has 0 amide bonds. The molecule has 1 aliphatic rings. The highest BCUT2D eigenvalue weighted by molar-refractivity contribution is 4.74. The Kier molecular flexibility index (Phi) is 5.73. The summed E-state index contributed by atoms with van der Waals surface area (Å²) in [5.74, 6) is 0.788. The summed E-state index contributed by atoms with van der Waals surface area (Å²) < 4.78 is 0. The van der Waals surface area contributed by atoms with E-state index in [2.05, 4.69) is 43.2 Å². The summed E-state index contributed by atoms with van der Waals surface area (Å²) in [5, 5.41) is 6.98. The van der Waals surface area contributed by atoms with Gasteiger partial charge in [0.2, 0.25) is 0 Å². The van der Waals surface area contributed by atoms with Crippen LogP contribution in [-0.2, 0) is 0 Å². The minimum atomic E-state index is 0.419. The third-order valence-electron chi connectivity index (χ3n) is 3.11. The van der Waals surface area contributed by atoms with Crippen LogP contribution >= 0.6 is 0 Å². The Morgan fingerprint density at radius 1 is 1.25 bits per heavy atom. The van der Waals surface area contributed by atoms with E-state index in [-0.39, 0.29) is 0 Å². The maximum absolute atomic E-state index is 3.60. The molecule has 0 atom stereocenters. The van der Waals surface area contributed by atoms with Crippen LogP contribution < -0.4 is 10.6 Å². The summed E-state index contributed by atoms with van der Waals surface area (Å²) >= 11 is 0. The van der Waals surface area contributed by atoms with Crippen LogP contribution in [0.5, 0.6) is 0 Å². The van der Waals surface area contributed by atoms with Gasteiger partial charge in [-0.05, 0) is 17.8 Å². The molecule has 16 heavy (non-hydrogen) atoms. The van der Waals surface area contributed by atoms with Gasteiger partial charge >= 0.3 is 0 Å². The van der Waals surface area contributed by atoms with Gasteiger partial charge in [-0.2, -0.15) is 0 Å². The molecule has 0 aromatic heterocycles. The van der Waals surface area contributed by atoms with Crippen LogP contribution in [0.4, 0.5) is 0 Å². The molecule has 1 saturated heterocycles. The van der Waals surface area contributed by atoms with E-state index in [0.29, 0.717) is 5.41 Å². The van der Waals surface area contributed by atoms with Gasteiger partial charge in [0, 0.05) is 39.4 Å². The topological polar surface area (TPSA) is 27.3 Å². The summed E-state index contributed by atoms with van der Waals surface area (Å²) in [7, 11) is 0. The summed E-state index contributed by atoms with van der Waals surface area (Å²) in [6.07, 6.45) is 1.29. The Hall–Kier alpha value is -0.120. The predicted octanol–water partition coefficient (Wildman–Crippen LogP) is 1.51. The molecule has 0 radical (unpaired) electrons. The van der Waals surface area contributed by atoms with Gasteiger partial charge in [0.25, 0.3) is 0 Å². The second-order valence-electron chi connectivity index (χ2n) is 6.22. The number of piperazine rings is 1. The van der Waals surface area contributed by atoms with Gasteiger partial charge < -0.3 is 10.6 Å². The van der Waals surface area contributed by atoms with E-state index >= 15 is 0 Å². The van der Waals surface area contributed by atoms with Gasteiger partial charge in [-0.3, -0.25) is 4.90 Å². The molecule has 2 N–H and O–H groups in total. The zero-order valence-electron chi connectivity index (χ0n) is 11.5. The van der Waals surface area contributed by atoms with Crippen LogP contribution in [0.1, 0.15) is 34.1 Å². The number of rotatable bonds is 6. The van der Waals surface area contributed by atoms with Crippen molar-refractivity contribution in [2.75, 3.05) is 39.4 Å². The molecular weight excluding hydrogens is 198 g/mol. The van der Waals surface area contributed by atoms with E-state index in [1.165, 1.54) is 19.5 Å². The first kappa shape index (κ1) is 13.9. The van der Waals surface area contributed by atoms with Crippen LogP contribution in [0.25, 0.3) is 0 Å².